The lowest BCUT2D eigenvalue weighted by molar-refractivity contribution is -0.107. The minimum atomic E-state index is -0.334. The van der Waals surface area contributed by atoms with E-state index in [-0.39, 0.29) is 6.09 Å². The summed E-state index contributed by atoms with van der Waals surface area (Å²) in [5, 5.41) is 2.67. The number of ether oxygens (including phenoxy) is 1. The van der Waals surface area contributed by atoms with Crippen LogP contribution in [0, 0.1) is 0 Å². The number of rotatable bonds is 9. The zero-order valence-corrected chi connectivity index (χ0v) is 9.46. The van der Waals surface area contributed by atoms with Gasteiger partial charge in [-0.1, -0.05) is 19.8 Å². The molecule has 0 aliphatic carbocycles. The van der Waals surface area contributed by atoms with Gasteiger partial charge in [-0.2, -0.15) is 0 Å². The Morgan fingerprint density at radius 2 is 2.07 bits per heavy atom. The fraction of sp³-hybridized carbons (Fsp3) is 0.818. The van der Waals surface area contributed by atoms with Gasteiger partial charge in [-0.3, -0.25) is 0 Å². The lowest BCUT2D eigenvalue weighted by atomic mass is 10.2. The molecule has 0 spiro atoms. The van der Waals surface area contributed by atoms with E-state index in [1.807, 2.05) is 6.92 Å². The van der Waals surface area contributed by atoms with Crippen molar-refractivity contribution in [3.05, 3.63) is 0 Å². The van der Waals surface area contributed by atoms with Gasteiger partial charge in [0.25, 0.3) is 0 Å². The first-order valence-electron chi connectivity index (χ1n) is 5.65. The maximum atomic E-state index is 11.0. The lowest BCUT2D eigenvalue weighted by Crippen LogP contribution is -2.25. The Hall–Kier alpha value is -1.06. The molecule has 4 nitrogen and oxygen atoms in total. The van der Waals surface area contributed by atoms with Crippen molar-refractivity contribution >= 4 is 12.4 Å². The molecule has 0 saturated heterocycles. The fourth-order valence-electron chi connectivity index (χ4n) is 1.08. The number of hydrogen-bond donors (Lipinski definition) is 1. The van der Waals surface area contributed by atoms with Gasteiger partial charge < -0.3 is 14.8 Å². The normalized spacial score (nSPS) is 9.67. The van der Waals surface area contributed by atoms with Crippen LogP contribution in [0.25, 0.3) is 0 Å². The van der Waals surface area contributed by atoms with Crippen molar-refractivity contribution in [3.8, 4) is 0 Å². The molecule has 4 heteroatoms. The van der Waals surface area contributed by atoms with Crippen molar-refractivity contribution < 1.29 is 14.3 Å². The van der Waals surface area contributed by atoms with Crippen molar-refractivity contribution in [2.24, 2.45) is 0 Å². The van der Waals surface area contributed by atoms with Gasteiger partial charge in [0.15, 0.2) is 0 Å². The van der Waals surface area contributed by atoms with Crippen LogP contribution in [0.1, 0.15) is 45.4 Å². The van der Waals surface area contributed by atoms with Gasteiger partial charge >= 0.3 is 6.09 Å². The Kier molecular flexibility index (Phi) is 10.2. The van der Waals surface area contributed by atoms with E-state index in [1.165, 1.54) is 0 Å². The summed E-state index contributed by atoms with van der Waals surface area (Å²) in [7, 11) is 0. The third-order valence-electron chi connectivity index (χ3n) is 2.00. The molecule has 0 saturated carbocycles. The molecule has 0 fully saturated rings. The van der Waals surface area contributed by atoms with Crippen LogP contribution in [0.3, 0.4) is 0 Å². The second-order valence-corrected chi connectivity index (χ2v) is 3.43. The van der Waals surface area contributed by atoms with Crippen molar-refractivity contribution in [2.75, 3.05) is 13.2 Å². The topological polar surface area (TPSA) is 55.4 Å². The lowest BCUT2D eigenvalue weighted by Gasteiger charge is -2.05. The highest BCUT2D eigenvalue weighted by atomic mass is 16.5. The van der Waals surface area contributed by atoms with E-state index in [9.17, 15) is 9.59 Å². The monoisotopic (exact) mass is 215 g/mol. The number of carbonyl (C=O) groups excluding carboxylic acids is 2. The van der Waals surface area contributed by atoms with Crippen molar-refractivity contribution in [1.82, 2.24) is 5.32 Å². The molecule has 0 heterocycles. The van der Waals surface area contributed by atoms with E-state index >= 15 is 0 Å². The highest BCUT2D eigenvalue weighted by Gasteiger charge is 1.99. The fourth-order valence-corrected chi connectivity index (χ4v) is 1.08. The summed E-state index contributed by atoms with van der Waals surface area (Å²) < 4.78 is 4.90. The Labute approximate surface area is 91.4 Å². The van der Waals surface area contributed by atoms with Gasteiger partial charge in [-0.25, -0.2) is 4.79 Å². The van der Waals surface area contributed by atoms with Crippen LogP contribution < -0.4 is 5.32 Å². The predicted octanol–water partition coefficient (Wildman–Crippen LogP) is 2.27. The van der Waals surface area contributed by atoms with Crippen LogP contribution in [0.2, 0.25) is 0 Å². The van der Waals surface area contributed by atoms with Gasteiger partial charge in [0, 0.05) is 13.0 Å². The third kappa shape index (κ3) is 10.9. The van der Waals surface area contributed by atoms with Gasteiger partial charge in [-0.05, 0) is 19.3 Å². The van der Waals surface area contributed by atoms with Crippen molar-refractivity contribution in [1.29, 1.82) is 0 Å². The Balaban J connectivity index is 3.13. The molecular formula is C11H21NO3. The van der Waals surface area contributed by atoms with Crippen LogP contribution in [-0.4, -0.2) is 25.5 Å². The van der Waals surface area contributed by atoms with Crippen LogP contribution >= 0.6 is 0 Å². The van der Waals surface area contributed by atoms with Crippen LogP contribution in [0.15, 0.2) is 0 Å². The first-order valence-corrected chi connectivity index (χ1v) is 5.65. The molecule has 0 aromatic carbocycles. The first-order chi connectivity index (χ1) is 7.31. The maximum absolute atomic E-state index is 11.0. The summed E-state index contributed by atoms with van der Waals surface area (Å²) in [5.41, 5.74) is 0. The summed E-state index contributed by atoms with van der Waals surface area (Å²) in [6.45, 7) is 3.17. The molecular weight excluding hydrogens is 194 g/mol. The minimum absolute atomic E-state index is 0.334. The van der Waals surface area contributed by atoms with Gasteiger partial charge in [0.05, 0.1) is 6.61 Å². The van der Waals surface area contributed by atoms with Crippen molar-refractivity contribution in [2.45, 2.75) is 45.4 Å². The number of alkyl carbamates (subject to hydrolysis) is 1. The van der Waals surface area contributed by atoms with Crippen LogP contribution in [-0.2, 0) is 9.53 Å². The van der Waals surface area contributed by atoms with E-state index in [4.69, 9.17) is 4.74 Å². The number of hydrogen-bond acceptors (Lipinski definition) is 3. The smallest absolute Gasteiger partial charge is 0.407 e. The molecule has 0 aliphatic heterocycles. The van der Waals surface area contributed by atoms with E-state index in [1.54, 1.807) is 0 Å². The Morgan fingerprint density at radius 1 is 1.27 bits per heavy atom. The summed E-state index contributed by atoms with van der Waals surface area (Å²) in [4.78, 5) is 21.0. The first kappa shape index (κ1) is 13.9. The highest BCUT2D eigenvalue weighted by molar-refractivity contribution is 5.66. The Morgan fingerprint density at radius 3 is 2.73 bits per heavy atom. The largest absolute Gasteiger partial charge is 0.450 e. The average molecular weight is 215 g/mol. The molecule has 0 bridgehead atoms. The molecule has 15 heavy (non-hydrogen) atoms. The molecule has 0 rings (SSSR count). The van der Waals surface area contributed by atoms with Gasteiger partial charge in [-0.15, -0.1) is 0 Å². The number of aldehydes is 1. The molecule has 0 unspecified atom stereocenters. The van der Waals surface area contributed by atoms with E-state index in [0.29, 0.717) is 19.6 Å². The molecule has 1 N–H and O–H groups in total. The summed E-state index contributed by atoms with van der Waals surface area (Å²) in [6.07, 6.45) is 5.90. The number of unbranched alkanes of at least 4 members (excludes halogenated alkanes) is 4. The predicted molar refractivity (Wildman–Crippen MR) is 58.8 cm³/mol. The molecule has 0 aromatic rings. The standard InChI is InChI=1S/C11H21NO3/c1-2-3-10-15-11(14)12-8-6-4-5-7-9-13/h9H,2-8,10H2,1H3,(H,12,14). The summed E-state index contributed by atoms with van der Waals surface area (Å²) in [6, 6.07) is 0. The molecule has 0 aromatic heterocycles. The van der Waals surface area contributed by atoms with E-state index in [2.05, 4.69) is 5.32 Å². The number of amides is 1. The molecule has 1 amide bonds. The van der Waals surface area contributed by atoms with Crippen molar-refractivity contribution in [3.63, 3.8) is 0 Å². The third-order valence-corrected chi connectivity index (χ3v) is 2.00. The molecule has 0 aliphatic rings. The van der Waals surface area contributed by atoms with Gasteiger partial charge in [0.1, 0.15) is 6.29 Å². The number of nitrogens with one attached hydrogen (secondary N) is 1. The second kappa shape index (κ2) is 11.0. The second-order valence-electron chi connectivity index (χ2n) is 3.43. The zero-order chi connectivity index (χ0) is 11.4. The summed E-state index contributed by atoms with van der Waals surface area (Å²) >= 11 is 0. The van der Waals surface area contributed by atoms with Crippen LogP contribution in [0.5, 0.6) is 0 Å². The highest BCUT2D eigenvalue weighted by Crippen LogP contribution is 1.96. The van der Waals surface area contributed by atoms with E-state index in [0.717, 1.165) is 38.4 Å². The SMILES string of the molecule is CCCCOC(=O)NCCCCCC=O. The zero-order valence-electron chi connectivity index (χ0n) is 9.46. The minimum Gasteiger partial charge on any atom is -0.450 e. The number of carbonyl (C=O) groups is 2. The molecule has 0 radical (unpaired) electrons. The average Bonchev–Trinajstić information content (AvgIpc) is 2.23. The maximum Gasteiger partial charge on any atom is 0.407 e. The van der Waals surface area contributed by atoms with E-state index < -0.39 is 0 Å². The molecule has 0 atom stereocenters. The van der Waals surface area contributed by atoms with Crippen LogP contribution in [0.4, 0.5) is 4.79 Å². The Bertz CT molecular complexity index is 171. The summed E-state index contributed by atoms with van der Waals surface area (Å²) in [5.74, 6) is 0. The quantitative estimate of drug-likeness (QED) is 0.474. The van der Waals surface area contributed by atoms with Gasteiger partial charge in [0.2, 0.25) is 0 Å². The molecule has 88 valence electrons.